The zero-order valence-corrected chi connectivity index (χ0v) is 11.6. The maximum atomic E-state index is 12.1. The molecule has 0 spiro atoms. The van der Waals surface area contributed by atoms with Gasteiger partial charge in [0.1, 0.15) is 7.05 Å². The van der Waals surface area contributed by atoms with Gasteiger partial charge < -0.3 is 0 Å². The number of amides is 2. The molecule has 0 unspecified atom stereocenters. The summed E-state index contributed by atoms with van der Waals surface area (Å²) in [5.41, 5.74) is 5.62. The van der Waals surface area contributed by atoms with E-state index in [1.807, 2.05) is 11.6 Å². The average molecular weight is 274 g/mol. The number of fused-ring (bicyclic) bond motifs is 2. The molecule has 20 heavy (non-hydrogen) atoms. The van der Waals surface area contributed by atoms with Gasteiger partial charge in [0.25, 0.3) is 5.91 Å². The first-order chi connectivity index (χ1) is 9.63. The Labute approximate surface area is 118 Å². The number of rotatable bonds is 2. The average Bonchev–Trinajstić information content (AvgIpc) is 3.08. The number of hydrazine groups is 1. The van der Waals surface area contributed by atoms with E-state index in [0.717, 1.165) is 18.8 Å². The van der Waals surface area contributed by atoms with Crippen molar-refractivity contribution in [2.75, 3.05) is 0 Å². The van der Waals surface area contributed by atoms with Crippen LogP contribution in [0.5, 0.6) is 0 Å². The van der Waals surface area contributed by atoms with Gasteiger partial charge in [0, 0.05) is 18.1 Å². The minimum Gasteiger partial charge on any atom is -0.273 e. The Morgan fingerprint density at radius 2 is 1.90 bits per heavy atom. The van der Waals surface area contributed by atoms with E-state index in [1.165, 1.54) is 12.8 Å². The van der Waals surface area contributed by atoms with Gasteiger partial charge in [-0.15, -0.1) is 0 Å². The van der Waals surface area contributed by atoms with E-state index in [4.69, 9.17) is 0 Å². The Balaban J connectivity index is 1.53. The van der Waals surface area contributed by atoms with Crippen LogP contribution in [-0.2, 0) is 11.8 Å². The summed E-state index contributed by atoms with van der Waals surface area (Å²) in [5, 5.41) is 0. The summed E-state index contributed by atoms with van der Waals surface area (Å²) in [4.78, 5) is 24.0. The molecule has 2 aliphatic rings. The van der Waals surface area contributed by atoms with E-state index in [1.54, 1.807) is 24.5 Å². The molecule has 0 aliphatic heterocycles. The molecule has 3 atom stereocenters. The Bertz CT molecular complexity index is 526. The van der Waals surface area contributed by atoms with Crippen molar-refractivity contribution < 1.29 is 14.2 Å². The summed E-state index contributed by atoms with van der Waals surface area (Å²) < 4.78 is 1.85. The molecule has 5 nitrogen and oxygen atoms in total. The van der Waals surface area contributed by atoms with Crippen LogP contribution in [0.2, 0.25) is 0 Å². The standard InChI is InChI=1S/C15H19N3O2/c1-18-6-4-11(5-7-18)14(19)16-17-15(20)13-9-10-2-3-12(13)8-10/h4-7,10,12-13,19H,2-3,8-9H2,1H3/p+1/t10-,12-,13-/m1/s1. The molecular formula is C15H20N3O2+. The number of hydrogen-bond donors (Lipinski definition) is 2. The van der Waals surface area contributed by atoms with Crippen LogP contribution in [0.15, 0.2) is 24.5 Å². The molecule has 5 heteroatoms. The second-order valence-corrected chi connectivity index (χ2v) is 5.98. The zero-order valence-electron chi connectivity index (χ0n) is 11.6. The maximum Gasteiger partial charge on any atom is 0.270 e. The molecule has 0 saturated heterocycles. The highest BCUT2D eigenvalue weighted by Gasteiger charge is 2.43. The highest BCUT2D eigenvalue weighted by atomic mass is 16.2. The number of hydrogen-bond acceptors (Lipinski definition) is 2. The molecule has 1 aromatic heterocycles. The molecule has 0 aromatic carbocycles. The van der Waals surface area contributed by atoms with Gasteiger partial charge in [-0.05, 0) is 31.1 Å². The van der Waals surface area contributed by atoms with Crippen molar-refractivity contribution in [1.29, 1.82) is 0 Å². The molecule has 2 saturated carbocycles. The van der Waals surface area contributed by atoms with E-state index < -0.39 is 0 Å². The lowest BCUT2D eigenvalue weighted by molar-refractivity contribution is -0.671. The smallest absolute Gasteiger partial charge is 0.270 e. The maximum absolute atomic E-state index is 12.1. The Morgan fingerprint density at radius 3 is 2.50 bits per heavy atom. The van der Waals surface area contributed by atoms with E-state index in [-0.39, 0.29) is 17.7 Å². The highest BCUT2D eigenvalue weighted by Crippen LogP contribution is 2.48. The zero-order chi connectivity index (χ0) is 14.1. The van der Waals surface area contributed by atoms with Gasteiger partial charge in [-0.25, -0.2) is 4.57 Å². The summed E-state index contributed by atoms with van der Waals surface area (Å²) in [6.07, 6.45) is 8.18. The van der Waals surface area contributed by atoms with Crippen LogP contribution in [0.3, 0.4) is 0 Å². The molecule has 2 amide bonds. The van der Waals surface area contributed by atoms with E-state index in [2.05, 4.69) is 10.9 Å². The van der Waals surface area contributed by atoms with E-state index >= 15 is 0 Å². The van der Waals surface area contributed by atoms with Crippen LogP contribution in [0.25, 0.3) is 0 Å². The molecule has 1 aromatic rings. The van der Waals surface area contributed by atoms with E-state index in [0.29, 0.717) is 11.5 Å². The van der Waals surface area contributed by atoms with Crippen LogP contribution in [0.4, 0.5) is 0 Å². The lowest BCUT2D eigenvalue weighted by Crippen LogP contribution is -2.45. The number of nitrogens with one attached hydrogen (secondary N) is 2. The molecule has 3 rings (SSSR count). The van der Waals surface area contributed by atoms with Gasteiger partial charge in [0.15, 0.2) is 12.4 Å². The Kier molecular flexibility index (Phi) is 3.42. The highest BCUT2D eigenvalue weighted by molar-refractivity contribution is 5.95. The van der Waals surface area contributed by atoms with Crippen molar-refractivity contribution in [2.24, 2.45) is 24.8 Å². The van der Waals surface area contributed by atoms with Crippen LogP contribution in [0, 0.1) is 17.8 Å². The van der Waals surface area contributed by atoms with Crippen molar-refractivity contribution in [2.45, 2.75) is 25.7 Å². The first-order valence-corrected chi connectivity index (χ1v) is 7.19. The fourth-order valence-corrected chi connectivity index (χ4v) is 3.50. The molecule has 106 valence electrons. The van der Waals surface area contributed by atoms with Crippen LogP contribution in [0.1, 0.15) is 36.0 Å². The molecule has 2 bridgehead atoms. The molecule has 2 fully saturated rings. The second-order valence-electron chi connectivity index (χ2n) is 5.98. The lowest BCUT2D eigenvalue weighted by atomic mass is 9.88. The largest absolute Gasteiger partial charge is 0.273 e. The summed E-state index contributed by atoms with van der Waals surface area (Å²) in [5.74, 6) is 1.02. The van der Waals surface area contributed by atoms with E-state index in [9.17, 15) is 9.59 Å². The van der Waals surface area contributed by atoms with Crippen LogP contribution in [-0.4, -0.2) is 11.8 Å². The van der Waals surface area contributed by atoms with Gasteiger partial charge >= 0.3 is 0 Å². The summed E-state index contributed by atoms with van der Waals surface area (Å²) in [6, 6.07) is 3.44. The molecule has 1 heterocycles. The van der Waals surface area contributed by atoms with Crippen molar-refractivity contribution in [3.63, 3.8) is 0 Å². The number of carbonyl (C=O) groups excluding carboxylic acids is 2. The van der Waals surface area contributed by atoms with Crippen molar-refractivity contribution in [3.05, 3.63) is 30.1 Å². The van der Waals surface area contributed by atoms with Crippen molar-refractivity contribution >= 4 is 11.8 Å². The predicted octanol–water partition coefficient (Wildman–Crippen LogP) is 0.708. The third-order valence-electron chi connectivity index (χ3n) is 4.61. The lowest BCUT2D eigenvalue weighted by Gasteiger charge is -2.20. The number of aromatic nitrogens is 1. The van der Waals surface area contributed by atoms with Gasteiger partial charge in [-0.2, -0.15) is 0 Å². The third-order valence-corrected chi connectivity index (χ3v) is 4.61. The van der Waals surface area contributed by atoms with Crippen molar-refractivity contribution in [1.82, 2.24) is 10.9 Å². The first kappa shape index (κ1) is 13.1. The van der Waals surface area contributed by atoms with Gasteiger partial charge in [0.05, 0.1) is 5.56 Å². The number of carbonyl (C=O) groups is 2. The van der Waals surface area contributed by atoms with Gasteiger partial charge in [-0.3, -0.25) is 20.4 Å². The van der Waals surface area contributed by atoms with Crippen LogP contribution < -0.4 is 15.4 Å². The van der Waals surface area contributed by atoms with Gasteiger partial charge in [-0.1, -0.05) is 6.42 Å². The number of pyridine rings is 1. The second kappa shape index (κ2) is 5.23. The fourth-order valence-electron chi connectivity index (χ4n) is 3.50. The first-order valence-electron chi connectivity index (χ1n) is 7.19. The number of nitrogens with zero attached hydrogens (tertiary/aromatic N) is 1. The third kappa shape index (κ3) is 2.53. The topological polar surface area (TPSA) is 62.1 Å². The normalized spacial score (nSPS) is 27.4. The molecular weight excluding hydrogens is 254 g/mol. The number of aryl methyl sites for hydroxylation is 1. The van der Waals surface area contributed by atoms with Crippen LogP contribution >= 0.6 is 0 Å². The SMILES string of the molecule is C[n+]1ccc(C(=O)NNC(=O)[C@@H]2C[C@@H]3CC[C@@H]2C3)cc1. The molecule has 0 radical (unpaired) electrons. The minimum atomic E-state index is -0.276. The quantitative estimate of drug-likeness (QED) is 0.616. The Morgan fingerprint density at radius 1 is 1.15 bits per heavy atom. The van der Waals surface area contributed by atoms with Crippen molar-refractivity contribution in [3.8, 4) is 0 Å². The monoisotopic (exact) mass is 274 g/mol. The minimum absolute atomic E-state index is 0.0352. The molecule has 2 aliphatic carbocycles. The predicted molar refractivity (Wildman–Crippen MR) is 72.2 cm³/mol. The Hall–Kier alpha value is -1.91. The summed E-state index contributed by atoms with van der Waals surface area (Å²) in [6.45, 7) is 0. The van der Waals surface area contributed by atoms with Gasteiger partial charge in [0.2, 0.25) is 5.91 Å². The fraction of sp³-hybridized carbons (Fsp3) is 0.533. The molecule has 2 N–H and O–H groups in total. The summed E-state index contributed by atoms with van der Waals surface area (Å²) in [7, 11) is 1.89. The summed E-state index contributed by atoms with van der Waals surface area (Å²) >= 11 is 0.